The highest BCUT2D eigenvalue weighted by atomic mass is 31.0. The fraction of sp³-hybridized carbons (Fsp3) is 1.00. The molecule has 0 aromatic carbocycles. The van der Waals surface area contributed by atoms with Gasteiger partial charge >= 0.3 is 0 Å². The summed E-state index contributed by atoms with van der Waals surface area (Å²) in [4.78, 5) is 0. The third kappa shape index (κ3) is 6.81. The van der Waals surface area contributed by atoms with Crippen molar-refractivity contribution in [2.45, 2.75) is 52.9 Å². The zero-order valence-electron chi connectivity index (χ0n) is 8.32. The van der Waals surface area contributed by atoms with E-state index in [0.717, 1.165) is 0 Å². The Morgan fingerprint density at radius 1 is 1.09 bits per heavy atom. The van der Waals surface area contributed by atoms with E-state index < -0.39 is 0 Å². The van der Waals surface area contributed by atoms with Crippen LogP contribution in [0.2, 0.25) is 0 Å². The first-order valence-corrected chi connectivity index (χ1v) is 5.64. The molecule has 0 fully saturated rings. The second kappa shape index (κ2) is 6.00. The van der Waals surface area contributed by atoms with Gasteiger partial charge in [-0.25, -0.2) is 0 Å². The fourth-order valence-corrected chi connectivity index (χ4v) is 1.57. The van der Waals surface area contributed by atoms with Gasteiger partial charge in [-0.2, -0.15) is 0 Å². The predicted octanol–water partition coefficient (Wildman–Crippen LogP) is 3.86. The molecule has 0 spiro atoms. The van der Waals surface area contributed by atoms with Gasteiger partial charge in [0, 0.05) is 0 Å². The smallest absolute Gasteiger partial charge is 0.0354 e. The highest BCUT2D eigenvalue weighted by molar-refractivity contribution is 7.16. The first-order valence-electron chi connectivity index (χ1n) is 4.82. The molecule has 0 aliphatic heterocycles. The topological polar surface area (TPSA) is 0 Å². The molecule has 1 atom stereocenters. The van der Waals surface area contributed by atoms with Crippen molar-refractivity contribution in [1.82, 2.24) is 0 Å². The number of rotatable bonds is 6. The van der Waals surface area contributed by atoms with E-state index in [-0.39, 0.29) is 0 Å². The average Bonchev–Trinajstić information content (AvgIpc) is 1.97. The lowest BCUT2D eigenvalue weighted by Crippen LogP contribution is -2.10. The molecule has 0 radical (unpaired) electrons. The lowest BCUT2D eigenvalue weighted by atomic mass is 9.83. The van der Waals surface area contributed by atoms with E-state index in [1.54, 1.807) is 0 Å². The predicted molar refractivity (Wildman–Crippen MR) is 57.1 cm³/mol. The lowest BCUT2D eigenvalue weighted by Gasteiger charge is -2.23. The molecule has 68 valence electrons. The Kier molecular flexibility index (Phi) is 6.24. The van der Waals surface area contributed by atoms with Crippen LogP contribution in [0.15, 0.2) is 0 Å². The molecule has 0 amide bonds. The largest absolute Gasteiger partial charge is 0.138 e. The van der Waals surface area contributed by atoms with Gasteiger partial charge in [-0.15, -0.1) is 9.24 Å². The summed E-state index contributed by atoms with van der Waals surface area (Å²) in [7, 11) is 2.81. The summed E-state index contributed by atoms with van der Waals surface area (Å²) in [6.45, 7) is 7.05. The van der Waals surface area contributed by atoms with Crippen LogP contribution in [-0.4, -0.2) is 6.16 Å². The highest BCUT2D eigenvalue weighted by Gasteiger charge is 2.15. The van der Waals surface area contributed by atoms with E-state index in [0.29, 0.717) is 5.41 Å². The van der Waals surface area contributed by atoms with Crippen LogP contribution >= 0.6 is 9.24 Å². The molecule has 0 aliphatic carbocycles. The molecule has 1 heteroatoms. The molecule has 0 N–H and O–H groups in total. The van der Waals surface area contributed by atoms with E-state index >= 15 is 0 Å². The number of unbranched alkanes of at least 4 members (excludes halogenated alkanes) is 1. The van der Waals surface area contributed by atoms with E-state index in [9.17, 15) is 0 Å². The zero-order valence-corrected chi connectivity index (χ0v) is 9.47. The minimum atomic E-state index is 0.590. The van der Waals surface area contributed by atoms with Crippen LogP contribution in [0, 0.1) is 5.41 Å². The quantitative estimate of drug-likeness (QED) is 0.536. The Balaban J connectivity index is 3.43. The molecular weight excluding hydrogens is 151 g/mol. The maximum absolute atomic E-state index is 2.81. The normalized spacial score (nSPS) is 12.0. The Hall–Kier alpha value is 0.430. The summed E-state index contributed by atoms with van der Waals surface area (Å²) < 4.78 is 0. The maximum Gasteiger partial charge on any atom is -0.0354 e. The van der Waals surface area contributed by atoms with Crippen LogP contribution in [0.5, 0.6) is 0 Å². The van der Waals surface area contributed by atoms with Gasteiger partial charge in [-0.3, -0.25) is 0 Å². The van der Waals surface area contributed by atoms with Crippen molar-refractivity contribution in [3.8, 4) is 0 Å². The van der Waals surface area contributed by atoms with Crippen molar-refractivity contribution in [2.75, 3.05) is 6.16 Å². The first-order chi connectivity index (χ1) is 5.12. The Labute approximate surface area is 74.4 Å². The van der Waals surface area contributed by atoms with Crippen LogP contribution in [0.3, 0.4) is 0 Å². The molecule has 0 bridgehead atoms. The van der Waals surface area contributed by atoms with Crippen molar-refractivity contribution in [3.05, 3.63) is 0 Å². The SMILES string of the molecule is CCCCC(C)(C)CCCP. The van der Waals surface area contributed by atoms with Gasteiger partial charge < -0.3 is 0 Å². The Bertz CT molecular complexity index is 76.9. The Morgan fingerprint density at radius 3 is 2.09 bits per heavy atom. The molecule has 11 heavy (non-hydrogen) atoms. The average molecular weight is 174 g/mol. The lowest BCUT2D eigenvalue weighted by molar-refractivity contribution is 0.296. The summed E-state index contributed by atoms with van der Waals surface area (Å²) in [6.07, 6.45) is 8.13. The van der Waals surface area contributed by atoms with Gasteiger partial charge in [0.2, 0.25) is 0 Å². The van der Waals surface area contributed by atoms with Gasteiger partial charge in [-0.05, 0) is 30.8 Å². The summed E-state index contributed by atoms with van der Waals surface area (Å²) in [5.41, 5.74) is 0.590. The van der Waals surface area contributed by atoms with E-state index in [2.05, 4.69) is 30.0 Å². The molecular formula is C10H23P. The molecule has 0 aromatic heterocycles. The highest BCUT2D eigenvalue weighted by Crippen LogP contribution is 2.28. The van der Waals surface area contributed by atoms with Crippen LogP contribution < -0.4 is 0 Å². The van der Waals surface area contributed by atoms with Crippen molar-refractivity contribution in [2.24, 2.45) is 5.41 Å². The molecule has 0 rings (SSSR count). The zero-order chi connectivity index (χ0) is 8.74. The van der Waals surface area contributed by atoms with E-state index in [4.69, 9.17) is 0 Å². The van der Waals surface area contributed by atoms with Crippen molar-refractivity contribution in [1.29, 1.82) is 0 Å². The van der Waals surface area contributed by atoms with Crippen LogP contribution in [0.4, 0.5) is 0 Å². The van der Waals surface area contributed by atoms with Crippen LogP contribution in [-0.2, 0) is 0 Å². The van der Waals surface area contributed by atoms with Crippen LogP contribution in [0.1, 0.15) is 52.9 Å². The third-order valence-corrected chi connectivity index (χ3v) is 2.67. The summed E-state index contributed by atoms with van der Waals surface area (Å²) in [6, 6.07) is 0. The summed E-state index contributed by atoms with van der Waals surface area (Å²) >= 11 is 0. The van der Waals surface area contributed by atoms with Gasteiger partial charge in [0.1, 0.15) is 0 Å². The molecule has 0 aromatic rings. The van der Waals surface area contributed by atoms with Gasteiger partial charge in [-0.1, -0.05) is 33.6 Å². The van der Waals surface area contributed by atoms with Gasteiger partial charge in [0.15, 0.2) is 0 Å². The van der Waals surface area contributed by atoms with Crippen LogP contribution in [0.25, 0.3) is 0 Å². The van der Waals surface area contributed by atoms with Gasteiger partial charge in [0.05, 0.1) is 0 Å². The van der Waals surface area contributed by atoms with Gasteiger partial charge in [0.25, 0.3) is 0 Å². The second-order valence-corrected chi connectivity index (χ2v) is 4.74. The summed E-state index contributed by atoms with van der Waals surface area (Å²) in [5, 5.41) is 0. The molecule has 0 saturated heterocycles. The van der Waals surface area contributed by atoms with Crippen molar-refractivity contribution < 1.29 is 0 Å². The molecule has 0 heterocycles. The monoisotopic (exact) mass is 174 g/mol. The number of hydrogen-bond donors (Lipinski definition) is 0. The first kappa shape index (κ1) is 11.4. The number of hydrogen-bond acceptors (Lipinski definition) is 0. The second-order valence-electron chi connectivity index (χ2n) is 4.16. The van der Waals surface area contributed by atoms with Crippen molar-refractivity contribution in [3.63, 3.8) is 0 Å². The minimum absolute atomic E-state index is 0.590. The maximum atomic E-state index is 2.81. The minimum Gasteiger partial charge on any atom is -0.138 e. The standard InChI is InChI=1S/C10H23P/c1-4-5-7-10(2,3)8-6-9-11/h4-9,11H2,1-3H3. The Morgan fingerprint density at radius 2 is 1.64 bits per heavy atom. The molecule has 0 aliphatic rings. The van der Waals surface area contributed by atoms with Crippen molar-refractivity contribution >= 4 is 9.24 Å². The fourth-order valence-electron chi connectivity index (χ4n) is 1.36. The molecule has 0 nitrogen and oxygen atoms in total. The summed E-state index contributed by atoms with van der Waals surface area (Å²) in [5.74, 6) is 0. The third-order valence-electron chi connectivity index (χ3n) is 2.26. The molecule has 1 unspecified atom stereocenters. The van der Waals surface area contributed by atoms with E-state index in [1.807, 2.05) is 0 Å². The van der Waals surface area contributed by atoms with E-state index in [1.165, 1.54) is 38.3 Å². The molecule has 0 saturated carbocycles.